The van der Waals surface area contributed by atoms with Gasteiger partial charge in [0.15, 0.2) is 0 Å². The lowest BCUT2D eigenvalue weighted by Crippen LogP contribution is -2.49. The molecular weight excluding hydrogens is 356 g/mol. The quantitative estimate of drug-likeness (QED) is 0.324. The van der Waals surface area contributed by atoms with Crippen molar-refractivity contribution in [2.24, 2.45) is 0 Å². The van der Waals surface area contributed by atoms with Gasteiger partial charge in [-0.3, -0.25) is 0 Å². The summed E-state index contributed by atoms with van der Waals surface area (Å²) in [5.41, 5.74) is 7.30. The molecule has 0 saturated carbocycles. The van der Waals surface area contributed by atoms with Crippen LogP contribution in [0.1, 0.15) is 0 Å². The van der Waals surface area contributed by atoms with Gasteiger partial charge in [0.25, 0.3) is 0 Å². The molecule has 0 amide bonds. The molecule has 1 nitrogen and oxygen atoms in total. The first-order valence-corrected chi connectivity index (χ1v) is 12.8. The summed E-state index contributed by atoms with van der Waals surface area (Å²) in [6.07, 6.45) is 0. The van der Waals surface area contributed by atoms with Crippen molar-refractivity contribution in [3.8, 4) is 22.3 Å². The molecule has 28 heavy (non-hydrogen) atoms. The van der Waals surface area contributed by atoms with Gasteiger partial charge in [0.05, 0.1) is 0 Å². The van der Waals surface area contributed by atoms with E-state index in [9.17, 15) is 0 Å². The second-order valence-electron chi connectivity index (χ2n) is 8.24. The van der Waals surface area contributed by atoms with Gasteiger partial charge in [-0.25, -0.2) is 0 Å². The van der Waals surface area contributed by atoms with Crippen molar-refractivity contribution in [1.29, 1.82) is 0 Å². The zero-order chi connectivity index (χ0) is 18.9. The van der Waals surface area contributed by atoms with Crippen molar-refractivity contribution >= 4 is 40.4 Å². The van der Waals surface area contributed by atoms with Crippen LogP contribution in [0.5, 0.6) is 0 Å². The van der Waals surface area contributed by atoms with Gasteiger partial charge in [-0.2, -0.15) is 0 Å². The van der Waals surface area contributed by atoms with E-state index in [1.165, 1.54) is 33.0 Å². The van der Waals surface area contributed by atoms with E-state index in [0.29, 0.717) is 0 Å². The van der Waals surface area contributed by atoms with Gasteiger partial charge >= 0.3 is 0 Å². The van der Waals surface area contributed by atoms with Crippen LogP contribution in [-0.4, -0.2) is 8.07 Å². The van der Waals surface area contributed by atoms with E-state index in [1.807, 2.05) is 12.1 Å². The van der Waals surface area contributed by atoms with Gasteiger partial charge in [0.2, 0.25) is 0 Å². The Hall–Kier alpha value is -3.10. The Kier molecular flexibility index (Phi) is 3.10. The van der Waals surface area contributed by atoms with E-state index in [1.54, 1.807) is 10.4 Å². The van der Waals surface area contributed by atoms with Crippen LogP contribution < -0.4 is 10.4 Å². The van der Waals surface area contributed by atoms with Crippen molar-refractivity contribution in [3.63, 3.8) is 0 Å². The van der Waals surface area contributed by atoms with Gasteiger partial charge in [-0.05, 0) is 50.8 Å². The van der Waals surface area contributed by atoms with E-state index >= 15 is 0 Å². The van der Waals surface area contributed by atoms with Crippen molar-refractivity contribution in [2.75, 3.05) is 0 Å². The summed E-state index contributed by atoms with van der Waals surface area (Å²) < 4.78 is 6.00. The summed E-state index contributed by atoms with van der Waals surface area (Å²) in [4.78, 5) is 0. The van der Waals surface area contributed by atoms with Crippen molar-refractivity contribution in [2.45, 2.75) is 13.1 Å². The second-order valence-corrected chi connectivity index (χ2v) is 12.6. The summed E-state index contributed by atoms with van der Waals surface area (Å²) in [7, 11) is -1.65. The topological polar surface area (TPSA) is 13.1 Å². The number of hydrogen-bond acceptors (Lipinski definition) is 1. The third-order valence-electron chi connectivity index (χ3n) is 6.29. The highest BCUT2D eigenvalue weighted by atomic mass is 28.3. The molecule has 0 radical (unpaired) electrons. The first kappa shape index (κ1) is 15.9. The number of fused-ring (bicyclic) bond motifs is 6. The van der Waals surface area contributed by atoms with Crippen LogP contribution in [-0.2, 0) is 0 Å². The molecule has 6 rings (SSSR count). The molecule has 5 aromatic rings. The summed E-state index contributed by atoms with van der Waals surface area (Å²) in [6, 6.07) is 30.8. The Morgan fingerprint density at radius 1 is 0.571 bits per heavy atom. The third kappa shape index (κ3) is 2.07. The molecule has 2 heterocycles. The normalized spacial score (nSPS) is 14.4. The molecule has 1 aliphatic heterocycles. The molecule has 0 fully saturated rings. The van der Waals surface area contributed by atoms with Gasteiger partial charge in [0, 0.05) is 10.8 Å². The molecule has 2 heteroatoms. The Labute approximate surface area is 165 Å². The highest BCUT2D eigenvalue weighted by molar-refractivity contribution is 7.03. The van der Waals surface area contributed by atoms with Gasteiger partial charge in [-0.1, -0.05) is 79.8 Å². The summed E-state index contributed by atoms with van der Waals surface area (Å²) in [5.74, 6) is 0. The highest BCUT2D eigenvalue weighted by Gasteiger charge is 2.37. The lowest BCUT2D eigenvalue weighted by Gasteiger charge is -2.19. The average molecular weight is 377 g/mol. The third-order valence-corrected chi connectivity index (χ3v) is 9.84. The Morgan fingerprint density at radius 3 is 2.18 bits per heavy atom. The first-order valence-electron chi connectivity index (χ1n) is 9.79. The monoisotopic (exact) mass is 376 g/mol. The van der Waals surface area contributed by atoms with Crippen LogP contribution >= 0.6 is 0 Å². The maximum absolute atomic E-state index is 6.00. The zero-order valence-electron chi connectivity index (χ0n) is 16.0. The lowest BCUT2D eigenvalue weighted by atomic mass is 9.99. The zero-order valence-corrected chi connectivity index (χ0v) is 17.0. The van der Waals surface area contributed by atoms with E-state index in [2.05, 4.69) is 85.9 Å². The summed E-state index contributed by atoms with van der Waals surface area (Å²) >= 11 is 0. The molecule has 0 N–H and O–H groups in total. The molecule has 4 aromatic carbocycles. The van der Waals surface area contributed by atoms with Gasteiger partial charge in [-0.15, -0.1) is 0 Å². The van der Waals surface area contributed by atoms with Crippen molar-refractivity contribution in [1.82, 2.24) is 0 Å². The van der Waals surface area contributed by atoms with Gasteiger partial charge < -0.3 is 4.42 Å². The predicted octanol–water partition coefficient (Wildman–Crippen LogP) is 6.06. The van der Waals surface area contributed by atoms with Crippen LogP contribution in [0.15, 0.2) is 89.3 Å². The fourth-order valence-corrected chi connectivity index (χ4v) is 7.89. The van der Waals surface area contributed by atoms with E-state index in [4.69, 9.17) is 4.42 Å². The smallest absolute Gasteiger partial charge is 0.135 e. The van der Waals surface area contributed by atoms with Crippen molar-refractivity contribution in [3.05, 3.63) is 84.9 Å². The lowest BCUT2D eigenvalue weighted by molar-refractivity contribution is 0.669. The molecule has 0 bridgehead atoms. The van der Waals surface area contributed by atoms with Crippen LogP contribution in [0.4, 0.5) is 0 Å². The number of rotatable bonds is 1. The maximum atomic E-state index is 6.00. The van der Waals surface area contributed by atoms with E-state index < -0.39 is 8.07 Å². The number of benzene rings is 4. The van der Waals surface area contributed by atoms with Crippen molar-refractivity contribution < 1.29 is 4.42 Å². The standard InChI is InChI=1S/C26H20OSi/c1-28(2)25-10-6-4-8-20(25)21-13-11-18(16-26(21)28)17-12-14-24-22(15-17)19-7-3-5-9-23(19)27-24/h3-16H,1-2H3. The van der Waals surface area contributed by atoms with E-state index in [-0.39, 0.29) is 0 Å². The molecule has 1 aromatic heterocycles. The number of hydrogen-bond donors (Lipinski definition) is 0. The second kappa shape index (κ2) is 5.46. The van der Waals surface area contributed by atoms with Crippen LogP contribution in [0, 0.1) is 0 Å². The molecule has 1 aliphatic rings. The Balaban J connectivity index is 1.55. The molecule has 0 spiro atoms. The number of para-hydroxylation sites is 1. The minimum absolute atomic E-state index is 0.951. The first-order chi connectivity index (χ1) is 13.6. The summed E-state index contributed by atoms with van der Waals surface area (Å²) in [5, 5.41) is 5.47. The Morgan fingerprint density at radius 2 is 1.25 bits per heavy atom. The largest absolute Gasteiger partial charge is 0.456 e. The maximum Gasteiger partial charge on any atom is 0.135 e. The minimum atomic E-state index is -1.65. The molecule has 0 aliphatic carbocycles. The SMILES string of the molecule is C[Si]1(C)c2ccccc2-c2ccc(-c3ccc4oc5ccccc5c4c3)cc21. The molecule has 134 valence electrons. The fraction of sp³-hybridized carbons (Fsp3) is 0.0769. The molecule has 0 atom stereocenters. The molecule has 0 unspecified atom stereocenters. The predicted molar refractivity (Wildman–Crippen MR) is 121 cm³/mol. The number of furan rings is 1. The Bertz CT molecular complexity index is 1390. The average Bonchev–Trinajstić information content (AvgIpc) is 3.21. The van der Waals surface area contributed by atoms with Crippen LogP contribution in [0.2, 0.25) is 13.1 Å². The fourth-order valence-electron chi connectivity index (χ4n) is 4.79. The van der Waals surface area contributed by atoms with Crippen LogP contribution in [0.3, 0.4) is 0 Å². The summed E-state index contributed by atoms with van der Waals surface area (Å²) in [6.45, 7) is 4.93. The van der Waals surface area contributed by atoms with Crippen LogP contribution in [0.25, 0.3) is 44.2 Å². The van der Waals surface area contributed by atoms with Gasteiger partial charge in [0.1, 0.15) is 19.2 Å². The minimum Gasteiger partial charge on any atom is -0.456 e. The highest BCUT2D eigenvalue weighted by Crippen LogP contribution is 2.34. The molecular formula is C26H20OSi. The molecule has 0 saturated heterocycles. The van der Waals surface area contributed by atoms with E-state index in [0.717, 1.165) is 11.2 Å².